The Balaban J connectivity index is 1.14. The van der Waals surface area contributed by atoms with Crippen LogP contribution >= 0.6 is 0 Å². The number of imide groups is 2. The molecule has 8 aromatic rings. The fraction of sp³-hybridized carbons (Fsp3) is 0.296. The molecule has 6 aromatic carbocycles. The Bertz CT molecular complexity index is 3030. The van der Waals surface area contributed by atoms with Crippen molar-refractivity contribution < 1.29 is 19.2 Å². The van der Waals surface area contributed by atoms with E-state index in [1.807, 2.05) is 48.5 Å². The van der Waals surface area contributed by atoms with Crippen molar-refractivity contribution in [3.8, 4) is 0 Å². The molecule has 2 aromatic heterocycles. The lowest BCUT2D eigenvalue weighted by atomic mass is 9.80. The molecule has 0 fully saturated rings. The van der Waals surface area contributed by atoms with Gasteiger partial charge in [0.1, 0.15) is 0 Å². The second-order valence-electron chi connectivity index (χ2n) is 21.4. The number of benzene rings is 6. The summed E-state index contributed by atoms with van der Waals surface area (Å²) in [5.74, 6) is -1.54. The van der Waals surface area contributed by atoms with Crippen molar-refractivity contribution in [1.29, 1.82) is 0 Å². The third-order valence-corrected chi connectivity index (χ3v) is 13.0. The first kappa shape index (κ1) is 39.6. The van der Waals surface area contributed by atoms with Crippen LogP contribution in [0.3, 0.4) is 0 Å². The smallest absolute Gasteiger partial charge is 0.265 e. The van der Waals surface area contributed by atoms with Crippen LogP contribution in [0.1, 0.15) is 147 Å². The van der Waals surface area contributed by atoms with E-state index in [2.05, 4.69) is 95.2 Å². The van der Waals surface area contributed by atoms with E-state index < -0.39 is 0 Å². The first-order chi connectivity index (χ1) is 28.9. The summed E-state index contributed by atoms with van der Waals surface area (Å²) in [7, 11) is 0. The lowest BCUT2D eigenvalue weighted by Gasteiger charge is -2.32. The molecule has 62 heavy (non-hydrogen) atoms. The molecule has 4 heterocycles. The molecule has 10 rings (SSSR count). The Morgan fingerprint density at radius 3 is 0.903 bits per heavy atom. The van der Waals surface area contributed by atoms with Crippen LogP contribution in [0, 0.1) is 0 Å². The molecule has 0 N–H and O–H groups in total. The van der Waals surface area contributed by atoms with E-state index in [-0.39, 0.29) is 45.3 Å². The maximum absolute atomic E-state index is 14.6. The average Bonchev–Trinajstić information content (AvgIpc) is 3.19. The highest BCUT2D eigenvalue weighted by Gasteiger charge is 2.39. The maximum atomic E-state index is 14.6. The summed E-state index contributed by atoms with van der Waals surface area (Å²) in [5, 5.41) is 4.05. The Kier molecular flexibility index (Phi) is 8.00. The molecule has 0 radical (unpaired) electrons. The molecule has 0 spiro atoms. The van der Waals surface area contributed by atoms with Crippen LogP contribution in [0.15, 0.2) is 84.9 Å². The van der Waals surface area contributed by atoms with Crippen LogP contribution in [0.5, 0.6) is 0 Å². The van der Waals surface area contributed by atoms with E-state index in [4.69, 9.17) is 9.97 Å². The first-order valence-electron chi connectivity index (χ1n) is 21.4. The van der Waals surface area contributed by atoms with Gasteiger partial charge in [-0.25, -0.2) is 19.8 Å². The summed E-state index contributed by atoms with van der Waals surface area (Å²) in [4.78, 5) is 71.4. The summed E-state index contributed by atoms with van der Waals surface area (Å²) < 4.78 is 0. The highest BCUT2D eigenvalue weighted by molar-refractivity contribution is 6.41. The van der Waals surface area contributed by atoms with Gasteiger partial charge in [0, 0.05) is 54.6 Å². The molecule has 2 aliphatic rings. The zero-order valence-electron chi connectivity index (χ0n) is 37.5. The third kappa shape index (κ3) is 5.64. The van der Waals surface area contributed by atoms with Crippen molar-refractivity contribution in [3.05, 3.63) is 129 Å². The van der Waals surface area contributed by atoms with Crippen LogP contribution in [0.25, 0.3) is 54.4 Å². The van der Waals surface area contributed by atoms with E-state index in [9.17, 15) is 19.2 Å². The summed E-state index contributed by atoms with van der Waals surface area (Å²) in [6, 6.07) is 26.9. The minimum atomic E-state index is -0.384. The third-order valence-electron chi connectivity index (χ3n) is 13.0. The van der Waals surface area contributed by atoms with Crippen molar-refractivity contribution in [2.45, 2.75) is 105 Å². The standard InChI is InChI=1S/C54H50N4O4/c1-51(2,3)27-21-28(52(4,5)6)24-31(23-27)57-47(59)35-15-13-33-43-39(19-17-37(41(35)43)49(57)61)55-46-34-14-16-36-42-38(18-20-40(44(34)42)56-45(33)46)50(62)58(48(36)60)32-25-29(53(7,8)9)22-30(26-32)54(10,11)12/h13-26H,1-12H3. The van der Waals surface area contributed by atoms with Gasteiger partial charge < -0.3 is 0 Å². The molecule has 2 aliphatic heterocycles. The fourth-order valence-electron chi connectivity index (χ4n) is 9.32. The minimum absolute atomic E-state index is 0.212. The predicted octanol–water partition coefficient (Wildman–Crippen LogP) is 12.5. The summed E-state index contributed by atoms with van der Waals surface area (Å²) in [6.45, 7) is 25.6. The number of anilines is 2. The Labute approximate surface area is 361 Å². The van der Waals surface area contributed by atoms with Gasteiger partial charge in [0.15, 0.2) is 0 Å². The van der Waals surface area contributed by atoms with Crippen molar-refractivity contribution in [3.63, 3.8) is 0 Å². The summed E-state index contributed by atoms with van der Waals surface area (Å²) in [5.41, 5.74) is 8.59. The maximum Gasteiger partial charge on any atom is 0.265 e. The second kappa shape index (κ2) is 12.5. The number of carbonyl (C=O) groups excluding carboxylic acids is 4. The van der Waals surface area contributed by atoms with Gasteiger partial charge in [-0.2, -0.15) is 0 Å². The number of pyridine rings is 2. The van der Waals surface area contributed by atoms with Crippen molar-refractivity contribution in [2.24, 2.45) is 0 Å². The van der Waals surface area contributed by atoms with Crippen LogP contribution in [-0.4, -0.2) is 33.6 Å². The number of amides is 4. The van der Waals surface area contributed by atoms with E-state index in [1.54, 1.807) is 24.3 Å². The number of hydrogen-bond donors (Lipinski definition) is 0. The lowest BCUT2D eigenvalue weighted by molar-refractivity contribution is 0.0877. The number of rotatable bonds is 2. The van der Waals surface area contributed by atoms with Crippen LogP contribution in [0.4, 0.5) is 11.4 Å². The molecule has 0 bridgehead atoms. The number of aromatic nitrogens is 2. The average molecular weight is 819 g/mol. The largest absolute Gasteiger partial charge is 0.268 e. The molecule has 310 valence electrons. The number of carbonyl (C=O) groups is 4. The summed E-state index contributed by atoms with van der Waals surface area (Å²) in [6.07, 6.45) is 0. The lowest BCUT2D eigenvalue weighted by Crippen LogP contribution is -2.41. The van der Waals surface area contributed by atoms with Gasteiger partial charge in [-0.15, -0.1) is 0 Å². The molecule has 4 amide bonds. The zero-order valence-corrected chi connectivity index (χ0v) is 37.5. The molecular formula is C54H50N4O4. The van der Waals surface area contributed by atoms with Gasteiger partial charge in [0.05, 0.1) is 33.4 Å². The second-order valence-corrected chi connectivity index (χ2v) is 21.4. The van der Waals surface area contributed by atoms with Gasteiger partial charge in [-0.1, -0.05) is 107 Å². The van der Waals surface area contributed by atoms with Crippen molar-refractivity contribution in [2.75, 3.05) is 9.80 Å². The van der Waals surface area contributed by atoms with E-state index in [0.29, 0.717) is 77.2 Å². The van der Waals surface area contributed by atoms with Crippen LogP contribution in [-0.2, 0) is 21.7 Å². The summed E-state index contributed by atoms with van der Waals surface area (Å²) >= 11 is 0. The van der Waals surface area contributed by atoms with Gasteiger partial charge in [-0.3, -0.25) is 19.2 Å². The number of hydrogen-bond acceptors (Lipinski definition) is 6. The monoisotopic (exact) mass is 818 g/mol. The molecule has 0 unspecified atom stereocenters. The quantitative estimate of drug-likeness (QED) is 0.0978. The van der Waals surface area contributed by atoms with E-state index in [1.165, 1.54) is 9.80 Å². The van der Waals surface area contributed by atoms with E-state index in [0.717, 1.165) is 33.0 Å². The molecule has 8 heteroatoms. The van der Waals surface area contributed by atoms with Gasteiger partial charge in [0.2, 0.25) is 0 Å². The Hall–Kier alpha value is -6.54. The van der Waals surface area contributed by atoms with Gasteiger partial charge in [0.25, 0.3) is 23.6 Å². The minimum Gasteiger partial charge on any atom is -0.268 e. The molecule has 0 saturated carbocycles. The fourth-order valence-corrected chi connectivity index (χ4v) is 9.32. The molecule has 8 nitrogen and oxygen atoms in total. The highest BCUT2D eigenvalue weighted by atomic mass is 16.2. The molecular weight excluding hydrogens is 769 g/mol. The topological polar surface area (TPSA) is 101 Å². The normalized spacial score (nSPS) is 15.2. The van der Waals surface area contributed by atoms with Crippen molar-refractivity contribution in [1.82, 2.24) is 9.97 Å². The molecule has 0 atom stereocenters. The van der Waals surface area contributed by atoms with Crippen LogP contribution < -0.4 is 9.80 Å². The van der Waals surface area contributed by atoms with Crippen molar-refractivity contribution >= 4 is 89.4 Å². The first-order valence-corrected chi connectivity index (χ1v) is 21.4. The molecule has 0 aliphatic carbocycles. The van der Waals surface area contributed by atoms with Gasteiger partial charge in [-0.05, 0) is 105 Å². The van der Waals surface area contributed by atoms with E-state index >= 15 is 0 Å². The predicted molar refractivity (Wildman–Crippen MR) is 251 cm³/mol. The van der Waals surface area contributed by atoms with Gasteiger partial charge >= 0.3 is 0 Å². The highest BCUT2D eigenvalue weighted by Crippen LogP contribution is 2.45. The van der Waals surface area contributed by atoms with Crippen LogP contribution in [0.2, 0.25) is 0 Å². The SMILES string of the molecule is CC(C)(C)c1cc(N2C(=O)c3ccc4nc5c6ccc7c8c(ccc(nc5c5ccc(c3c45)C2=O)c86)C(=O)N(c2cc(C(C)(C)C)cc(C(C)(C)C)c2)C7=O)cc(C(C)(C)C)c1. The Morgan fingerprint density at radius 1 is 0.355 bits per heavy atom. The molecule has 0 saturated heterocycles. The number of nitrogens with zero attached hydrogens (tertiary/aromatic N) is 4. The number of fused-ring (bicyclic) bond motifs is 3. The zero-order chi connectivity index (χ0) is 44.3. The Morgan fingerprint density at radius 2 is 0.629 bits per heavy atom.